The third-order valence-electron chi connectivity index (χ3n) is 4.00. The number of H-pyrrole nitrogens is 1. The number of hydrogen-bond donors (Lipinski definition) is 1. The van der Waals surface area contributed by atoms with E-state index in [1.807, 2.05) is 67.6 Å². The van der Waals surface area contributed by atoms with Gasteiger partial charge in [-0.15, -0.1) is 0 Å². The highest BCUT2D eigenvalue weighted by molar-refractivity contribution is 5.88. The number of hydrogen-bond acceptors (Lipinski definition) is 2. The Hall–Kier alpha value is -3.14. The molecule has 0 aliphatic rings. The molecule has 4 nitrogen and oxygen atoms in total. The first-order chi connectivity index (χ1) is 11.3. The Bertz CT molecular complexity index is 1040. The lowest BCUT2D eigenvalue weighted by molar-refractivity contribution is 0.815. The van der Waals surface area contributed by atoms with Crippen LogP contribution in [0.3, 0.4) is 0 Å². The normalized spacial score (nSPS) is 11.0. The van der Waals surface area contributed by atoms with Crippen molar-refractivity contribution in [1.29, 1.82) is 0 Å². The summed E-state index contributed by atoms with van der Waals surface area (Å²) in [4.78, 5) is 17.3. The van der Waals surface area contributed by atoms with Crippen LogP contribution in [-0.4, -0.2) is 14.8 Å². The van der Waals surface area contributed by atoms with Gasteiger partial charge in [-0.05, 0) is 23.9 Å². The van der Waals surface area contributed by atoms with Gasteiger partial charge >= 0.3 is 0 Å². The van der Waals surface area contributed by atoms with E-state index in [4.69, 9.17) is 0 Å². The molecule has 23 heavy (non-hydrogen) atoms. The average molecular weight is 301 g/mol. The summed E-state index contributed by atoms with van der Waals surface area (Å²) < 4.78 is 1.53. The molecule has 0 saturated carbocycles. The second kappa shape index (κ2) is 5.25. The predicted octanol–water partition coefficient (Wildman–Crippen LogP) is 3.69. The molecular formula is C19H15N3O. The fraction of sp³-hybridized carbons (Fsp3) is 0.0526. The van der Waals surface area contributed by atoms with Crippen molar-refractivity contribution in [3.8, 4) is 16.9 Å². The minimum absolute atomic E-state index is 0.0856. The lowest BCUT2D eigenvalue weighted by Gasteiger charge is -2.05. The molecule has 0 aliphatic carbocycles. The van der Waals surface area contributed by atoms with E-state index in [9.17, 15) is 4.79 Å². The lowest BCUT2D eigenvalue weighted by Crippen LogP contribution is -2.17. The molecule has 1 N–H and O–H groups in total. The van der Waals surface area contributed by atoms with Gasteiger partial charge in [0.25, 0.3) is 5.56 Å². The predicted molar refractivity (Wildman–Crippen MR) is 91.9 cm³/mol. The van der Waals surface area contributed by atoms with E-state index in [0.29, 0.717) is 11.4 Å². The Morgan fingerprint density at radius 1 is 0.957 bits per heavy atom. The van der Waals surface area contributed by atoms with Gasteiger partial charge in [0.1, 0.15) is 0 Å². The zero-order valence-corrected chi connectivity index (χ0v) is 12.7. The molecule has 2 aromatic carbocycles. The zero-order valence-electron chi connectivity index (χ0n) is 12.7. The molecule has 2 heterocycles. The van der Waals surface area contributed by atoms with Crippen molar-refractivity contribution in [2.45, 2.75) is 6.92 Å². The van der Waals surface area contributed by atoms with Gasteiger partial charge in [0, 0.05) is 17.3 Å². The summed E-state index contributed by atoms with van der Waals surface area (Å²) in [5, 5.41) is 5.16. The van der Waals surface area contributed by atoms with Crippen LogP contribution in [0.1, 0.15) is 5.69 Å². The molecule has 0 spiro atoms. The maximum Gasteiger partial charge on any atom is 0.280 e. The molecule has 0 radical (unpaired) electrons. The maximum absolute atomic E-state index is 12.9. The van der Waals surface area contributed by atoms with Gasteiger partial charge in [-0.3, -0.25) is 9.89 Å². The minimum atomic E-state index is -0.0856. The van der Waals surface area contributed by atoms with Gasteiger partial charge in [-0.25, -0.2) is 9.67 Å². The molecule has 0 bridgehead atoms. The van der Waals surface area contributed by atoms with Crippen molar-refractivity contribution in [2.24, 2.45) is 0 Å². The van der Waals surface area contributed by atoms with Gasteiger partial charge in [0.2, 0.25) is 0 Å². The summed E-state index contributed by atoms with van der Waals surface area (Å²) in [6, 6.07) is 19.5. The maximum atomic E-state index is 12.9. The Balaban J connectivity index is 1.99. The molecule has 0 saturated heterocycles. The van der Waals surface area contributed by atoms with E-state index in [-0.39, 0.29) is 5.56 Å². The van der Waals surface area contributed by atoms with Crippen LogP contribution < -0.4 is 5.56 Å². The van der Waals surface area contributed by atoms with E-state index >= 15 is 0 Å². The second-order valence-electron chi connectivity index (χ2n) is 5.47. The number of fused-ring (bicyclic) bond motifs is 1. The fourth-order valence-corrected chi connectivity index (χ4v) is 2.92. The smallest absolute Gasteiger partial charge is 0.280 e. The molecule has 0 amide bonds. The highest BCUT2D eigenvalue weighted by Gasteiger charge is 2.16. The molecule has 0 unspecified atom stereocenters. The summed E-state index contributed by atoms with van der Waals surface area (Å²) in [5.74, 6) is 0.624. The summed E-state index contributed by atoms with van der Waals surface area (Å²) >= 11 is 0. The largest absolute Gasteiger partial charge is 0.293 e. The Labute approximate surface area is 133 Å². The summed E-state index contributed by atoms with van der Waals surface area (Å²) in [6.07, 6.45) is 1.72. The van der Waals surface area contributed by atoms with Crippen LogP contribution in [-0.2, 0) is 0 Å². The van der Waals surface area contributed by atoms with E-state index < -0.39 is 0 Å². The number of pyridine rings is 1. The molecule has 4 rings (SSSR count). The van der Waals surface area contributed by atoms with E-state index in [1.54, 1.807) is 6.20 Å². The lowest BCUT2D eigenvalue weighted by atomic mass is 10.1. The first-order valence-electron chi connectivity index (χ1n) is 7.47. The average Bonchev–Trinajstić information content (AvgIpc) is 2.89. The second-order valence-corrected chi connectivity index (χ2v) is 5.47. The van der Waals surface area contributed by atoms with Crippen molar-refractivity contribution in [3.63, 3.8) is 0 Å². The minimum Gasteiger partial charge on any atom is -0.293 e. The quantitative estimate of drug-likeness (QED) is 0.614. The van der Waals surface area contributed by atoms with Crippen molar-refractivity contribution in [1.82, 2.24) is 14.8 Å². The van der Waals surface area contributed by atoms with Crippen LogP contribution in [0.15, 0.2) is 71.7 Å². The number of aryl methyl sites for hydroxylation is 1. The van der Waals surface area contributed by atoms with E-state index in [1.165, 1.54) is 4.68 Å². The van der Waals surface area contributed by atoms with Crippen molar-refractivity contribution < 1.29 is 0 Å². The molecule has 2 aromatic heterocycles. The third-order valence-corrected chi connectivity index (χ3v) is 4.00. The molecule has 0 aliphatic heterocycles. The van der Waals surface area contributed by atoms with Crippen molar-refractivity contribution in [2.75, 3.05) is 0 Å². The highest BCUT2D eigenvalue weighted by Crippen LogP contribution is 2.22. The van der Waals surface area contributed by atoms with Gasteiger partial charge < -0.3 is 0 Å². The molecule has 112 valence electrons. The highest BCUT2D eigenvalue weighted by atomic mass is 16.1. The Morgan fingerprint density at radius 3 is 2.52 bits per heavy atom. The van der Waals surface area contributed by atoms with Crippen LogP contribution in [0.4, 0.5) is 0 Å². The zero-order chi connectivity index (χ0) is 15.8. The first-order valence-corrected chi connectivity index (χ1v) is 7.47. The summed E-state index contributed by atoms with van der Waals surface area (Å²) in [6.45, 7) is 1.91. The van der Waals surface area contributed by atoms with Crippen LogP contribution in [0.25, 0.3) is 27.7 Å². The summed E-state index contributed by atoms with van der Waals surface area (Å²) in [7, 11) is 0. The standard InChI is InChI=1S/C19H15N3O/c1-13-17(15-8-3-2-4-9-15)19(23)22(21-13)18-16-10-6-5-7-14(16)11-12-20-18/h2-12,21H,1H3. The van der Waals surface area contributed by atoms with Gasteiger partial charge in [-0.1, -0.05) is 54.6 Å². The van der Waals surface area contributed by atoms with Crippen molar-refractivity contribution >= 4 is 10.8 Å². The Kier molecular flexibility index (Phi) is 3.08. The number of aromatic nitrogens is 3. The van der Waals surface area contributed by atoms with Crippen molar-refractivity contribution in [3.05, 3.63) is 82.9 Å². The number of benzene rings is 2. The molecule has 0 fully saturated rings. The van der Waals surface area contributed by atoms with Crippen LogP contribution >= 0.6 is 0 Å². The van der Waals surface area contributed by atoms with Crippen LogP contribution in [0, 0.1) is 6.92 Å². The SMILES string of the molecule is Cc1[nH]n(-c2nccc3ccccc23)c(=O)c1-c1ccccc1. The number of nitrogens with one attached hydrogen (secondary N) is 1. The fourth-order valence-electron chi connectivity index (χ4n) is 2.92. The molecule has 4 aromatic rings. The third kappa shape index (κ3) is 2.16. The van der Waals surface area contributed by atoms with Crippen LogP contribution in [0.2, 0.25) is 0 Å². The monoisotopic (exact) mass is 301 g/mol. The first kappa shape index (κ1) is 13.5. The van der Waals surface area contributed by atoms with Crippen LogP contribution in [0.5, 0.6) is 0 Å². The Morgan fingerprint density at radius 2 is 1.70 bits per heavy atom. The van der Waals surface area contributed by atoms with E-state index in [2.05, 4.69) is 10.1 Å². The molecule has 4 heteroatoms. The van der Waals surface area contributed by atoms with Gasteiger partial charge in [-0.2, -0.15) is 0 Å². The molecule has 0 atom stereocenters. The van der Waals surface area contributed by atoms with E-state index in [0.717, 1.165) is 22.0 Å². The van der Waals surface area contributed by atoms with Gasteiger partial charge in [0.15, 0.2) is 5.82 Å². The number of nitrogens with zero attached hydrogens (tertiary/aromatic N) is 2. The van der Waals surface area contributed by atoms with Gasteiger partial charge in [0.05, 0.1) is 5.56 Å². The molecular weight excluding hydrogens is 286 g/mol. The number of rotatable bonds is 2. The summed E-state index contributed by atoms with van der Waals surface area (Å²) in [5.41, 5.74) is 2.33. The topological polar surface area (TPSA) is 50.7 Å². The number of aromatic amines is 1.